The van der Waals surface area contributed by atoms with Gasteiger partial charge < -0.3 is 16.2 Å². The molecular weight excluding hydrogens is 216 g/mol. The van der Waals surface area contributed by atoms with Crippen molar-refractivity contribution in [1.29, 1.82) is 0 Å². The van der Waals surface area contributed by atoms with Crippen molar-refractivity contribution in [3.05, 3.63) is 23.9 Å². The summed E-state index contributed by atoms with van der Waals surface area (Å²) in [7, 11) is 1.62. The molecule has 4 N–H and O–H groups in total. The Kier molecular flexibility index (Phi) is 2.00. The number of nitrogens with two attached hydrogens (primary N) is 2. The van der Waals surface area contributed by atoms with E-state index in [0.717, 1.165) is 35.2 Å². The van der Waals surface area contributed by atoms with E-state index in [-0.39, 0.29) is 11.5 Å². The highest BCUT2D eigenvalue weighted by Gasteiger charge is 2.43. The fourth-order valence-corrected chi connectivity index (χ4v) is 2.01. The van der Waals surface area contributed by atoms with E-state index < -0.39 is 0 Å². The number of benzene rings is 1. The van der Waals surface area contributed by atoms with Gasteiger partial charge in [0.15, 0.2) is 0 Å². The lowest BCUT2D eigenvalue weighted by molar-refractivity contribution is 0.415. The molecule has 0 bridgehead atoms. The number of nitrogens with zero attached hydrogens (tertiary/aromatic N) is 2. The van der Waals surface area contributed by atoms with Crippen LogP contribution in [0.25, 0.3) is 10.9 Å². The third kappa shape index (κ3) is 1.59. The summed E-state index contributed by atoms with van der Waals surface area (Å²) in [5.74, 6) is 1.01. The van der Waals surface area contributed by atoms with Crippen LogP contribution in [0.4, 0.5) is 5.95 Å². The molecule has 88 valence electrons. The summed E-state index contributed by atoms with van der Waals surface area (Å²) in [4.78, 5) is 8.51. The molecule has 3 rings (SSSR count). The molecule has 1 saturated carbocycles. The predicted molar refractivity (Wildman–Crippen MR) is 65.6 cm³/mol. The maximum absolute atomic E-state index is 6.20. The molecule has 1 aromatic carbocycles. The quantitative estimate of drug-likeness (QED) is 0.808. The van der Waals surface area contributed by atoms with Gasteiger partial charge in [-0.25, -0.2) is 9.97 Å². The molecule has 0 atom stereocenters. The van der Waals surface area contributed by atoms with Crippen LogP contribution in [-0.4, -0.2) is 17.1 Å². The van der Waals surface area contributed by atoms with Crippen molar-refractivity contribution in [2.75, 3.05) is 12.8 Å². The van der Waals surface area contributed by atoms with Crippen LogP contribution in [0.15, 0.2) is 18.2 Å². The minimum absolute atomic E-state index is 0.262. The van der Waals surface area contributed by atoms with Gasteiger partial charge in [0.05, 0.1) is 23.9 Å². The first-order valence-corrected chi connectivity index (χ1v) is 5.53. The Hall–Kier alpha value is -1.88. The Labute approximate surface area is 98.8 Å². The fourth-order valence-electron chi connectivity index (χ4n) is 2.01. The van der Waals surface area contributed by atoms with E-state index in [1.807, 2.05) is 18.2 Å². The Bertz CT molecular complexity index is 592. The molecular formula is C12H14N4O. The lowest BCUT2D eigenvalue weighted by atomic mass is 10.1. The molecule has 0 aliphatic heterocycles. The third-order valence-corrected chi connectivity index (χ3v) is 3.18. The van der Waals surface area contributed by atoms with Crippen molar-refractivity contribution < 1.29 is 4.74 Å². The Morgan fingerprint density at radius 2 is 2.06 bits per heavy atom. The van der Waals surface area contributed by atoms with Crippen LogP contribution in [0.5, 0.6) is 5.75 Å². The largest absolute Gasteiger partial charge is 0.497 e. The van der Waals surface area contributed by atoms with Gasteiger partial charge in [0.25, 0.3) is 0 Å². The number of ether oxygens (including phenoxy) is 1. The zero-order valence-corrected chi connectivity index (χ0v) is 9.60. The van der Waals surface area contributed by atoms with Crippen LogP contribution in [0.1, 0.15) is 18.5 Å². The van der Waals surface area contributed by atoms with Gasteiger partial charge in [-0.2, -0.15) is 0 Å². The zero-order valence-electron chi connectivity index (χ0n) is 9.60. The summed E-state index contributed by atoms with van der Waals surface area (Å²) in [6.45, 7) is 0. The average Bonchev–Trinajstić information content (AvgIpc) is 3.06. The SMILES string of the molecule is COc1ccc2c(C3(N)CC3)nc(N)nc2c1. The summed E-state index contributed by atoms with van der Waals surface area (Å²) in [5.41, 5.74) is 13.2. The summed E-state index contributed by atoms with van der Waals surface area (Å²) in [5, 5.41) is 0.958. The number of hydrogen-bond acceptors (Lipinski definition) is 5. The average molecular weight is 230 g/mol. The van der Waals surface area contributed by atoms with Crippen LogP contribution < -0.4 is 16.2 Å². The maximum Gasteiger partial charge on any atom is 0.220 e. The van der Waals surface area contributed by atoms with Crippen molar-refractivity contribution in [3.8, 4) is 5.75 Å². The maximum atomic E-state index is 6.20. The Morgan fingerprint density at radius 1 is 1.29 bits per heavy atom. The molecule has 0 amide bonds. The normalized spacial score (nSPS) is 17.1. The molecule has 1 fully saturated rings. The van der Waals surface area contributed by atoms with E-state index in [4.69, 9.17) is 16.2 Å². The first kappa shape index (κ1) is 10.3. The number of hydrogen-bond donors (Lipinski definition) is 2. The molecule has 0 unspecified atom stereocenters. The van der Waals surface area contributed by atoms with Gasteiger partial charge in [0.2, 0.25) is 5.95 Å². The topological polar surface area (TPSA) is 87.0 Å². The second kappa shape index (κ2) is 3.30. The monoisotopic (exact) mass is 230 g/mol. The van der Waals surface area contributed by atoms with Crippen LogP contribution in [0.2, 0.25) is 0 Å². The second-order valence-corrected chi connectivity index (χ2v) is 4.47. The summed E-state index contributed by atoms with van der Waals surface area (Å²) in [6.07, 6.45) is 1.90. The van der Waals surface area contributed by atoms with Gasteiger partial charge >= 0.3 is 0 Å². The number of nitrogen functional groups attached to an aromatic ring is 1. The van der Waals surface area contributed by atoms with Crippen molar-refractivity contribution in [3.63, 3.8) is 0 Å². The highest BCUT2D eigenvalue weighted by Crippen LogP contribution is 2.44. The van der Waals surface area contributed by atoms with Crippen LogP contribution in [0, 0.1) is 0 Å². The fraction of sp³-hybridized carbons (Fsp3) is 0.333. The molecule has 2 aromatic rings. The molecule has 1 aliphatic rings. The van der Waals surface area contributed by atoms with E-state index in [9.17, 15) is 0 Å². The minimum atomic E-state index is -0.316. The second-order valence-electron chi connectivity index (χ2n) is 4.47. The standard InChI is InChI=1S/C12H14N4O/c1-17-7-2-3-8-9(6-7)15-11(13)16-10(8)12(14)4-5-12/h2-3,6H,4-5,14H2,1H3,(H2,13,15,16). The molecule has 0 saturated heterocycles. The van der Waals surface area contributed by atoms with Gasteiger partial charge in [0, 0.05) is 11.5 Å². The summed E-state index contributed by atoms with van der Waals surface area (Å²) < 4.78 is 5.17. The molecule has 5 nitrogen and oxygen atoms in total. The Balaban J connectivity index is 2.28. The molecule has 17 heavy (non-hydrogen) atoms. The van der Waals surface area contributed by atoms with Gasteiger partial charge in [-0.3, -0.25) is 0 Å². The molecule has 5 heteroatoms. The van der Waals surface area contributed by atoms with E-state index >= 15 is 0 Å². The van der Waals surface area contributed by atoms with Crippen LogP contribution in [0.3, 0.4) is 0 Å². The molecule has 1 aromatic heterocycles. The molecule has 0 radical (unpaired) electrons. The van der Waals surface area contributed by atoms with E-state index in [1.165, 1.54) is 0 Å². The first-order chi connectivity index (χ1) is 8.12. The van der Waals surface area contributed by atoms with E-state index in [0.29, 0.717) is 0 Å². The Morgan fingerprint density at radius 3 is 2.71 bits per heavy atom. The van der Waals surface area contributed by atoms with Crippen molar-refractivity contribution in [1.82, 2.24) is 9.97 Å². The lowest BCUT2D eigenvalue weighted by Crippen LogP contribution is -2.21. The highest BCUT2D eigenvalue weighted by atomic mass is 16.5. The van der Waals surface area contributed by atoms with E-state index in [1.54, 1.807) is 7.11 Å². The third-order valence-electron chi connectivity index (χ3n) is 3.18. The van der Waals surface area contributed by atoms with Gasteiger partial charge in [-0.05, 0) is 25.0 Å². The number of anilines is 1. The van der Waals surface area contributed by atoms with Gasteiger partial charge in [0.1, 0.15) is 5.75 Å². The summed E-state index contributed by atoms with van der Waals surface area (Å²) >= 11 is 0. The van der Waals surface area contributed by atoms with E-state index in [2.05, 4.69) is 9.97 Å². The van der Waals surface area contributed by atoms with Crippen molar-refractivity contribution >= 4 is 16.9 Å². The van der Waals surface area contributed by atoms with Crippen LogP contribution in [-0.2, 0) is 5.54 Å². The van der Waals surface area contributed by atoms with Crippen LogP contribution >= 0.6 is 0 Å². The van der Waals surface area contributed by atoms with Crippen molar-refractivity contribution in [2.24, 2.45) is 5.73 Å². The molecule has 1 heterocycles. The first-order valence-electron chi connectivity index (χ1n) is 5.53. The zero-order chi connectivity index (χ0) is 12.0. The lowest BCUT2D eigenvalue weighted by Gasteiger charge is -2.12. The number of methoxy groups -OCH3 is 1. The van der Waals surface area contributed by atoms with Crippen molar-refractivity contribution in [2.45, 2.75) is 18.4 Å². The molecule has 0 spiro atoms. The smallest absolute Gasteiger partial charge is 0.220 e. The minimum Gasteiger partial charge on any atom is -0.497 e. The molecule has 1 aliphatic carbocycles. The van der Waals surface area contributed by atoms with Gasteiger partial charge in [-0.15, -0.1) is 0 Å². The number of aromatic nitrogens is 2. The number of rotatable bonds is 2. The number of fused-ring (bicyclic) bond motifs is 1. The summed E-state index contributed by atoms with van der Waals surface area (Å²) in [6, 6.07) is 5.68. The highest BCUT2D eigenvalue weighted by molar-refractivity contribution is 5.84. The van der Waals surface area contributed by atoms with Gasteiger partial charge in [-0.1, -0.05) is 0 Å². The predicted octanol–water partition coefficient (Wildman–Crippen LogP) is 1.17.